The first-order valence-corrected chi connectivity index (χ1v) is 12.6. The highest BCUT2D eigenvalue weighted by Crippen LogP contribution is 2.24. The van der Waals surface area contributed by atoms with Gasteiger partial charge in [-0.15, -0.1) is 0 Å². The zero-order valence-corrected chi connectivity index (χ0v) is 21.2. The zero-order chi connectivity index (χ0) is 25.8. The minimum Gasteiger partial charge on any atom is -0.352 e. The predicted octanol–water partition coefficient (Wildman–Crippen LogP) is 5.54. The molecule has 1 N–H and O–H groups in total. The van der Waals surface area contributed by atoms with Crippen molar-refractivity contribution in [1.29, 1.82) is 0 Å². The van der Waals surface area contributed by atoms with E-state index in [2.05, 4.69) is 10.3 Å². The summed E-state index contributed by atoms with van der Waals surface area (Å²) in [6, 6.07) is 16.8. The second kappa shape index (κ2) is 11.1. The summed E-state index contributed by atoms with van der Waals surface area (Å²) in [4.78, 5) is 43.5. The number of carbonyl (C=O) groups is 2. The van der Waals surface area contributed by atoms with Gasteiger partial charge in [-0.1, -0.05) is 55.4 Å². The number of nitrogens with zero attached hydrogens (tertiary/aromatic N) is 2. The van der Waals surface area contributed by atoms with E-state index in [0.29, 0.717) is 28.2 Å². The lowest BCUT2D eigenvalue weighted by molar-refractivity contribution is 0.0948. The van der Waals surface area contributed by atoms with Crippen LogP contribution in [0.25, 0.3) is 16.6 Å². The van der Waals surface area contributed by atoms with Crippen molar-refractivity contribution in [1.82, 2.24) is 14.9 Å². The van der Waals surface area contributed by atoms with Crippen molar-refractivity contribution in [3.63, 3.8) is 0 Å². The highest BCUT2D eigenvalue weighted by Gasteiger charge is 2.18. The highest BCUT2D eigenvalue weighted by molar-refractivity contribution is 7.99. The Morgan fingerprint density at radius 1 is 1.06 bits per heavy atom. The van der Waals surface area contributed by atoms with Crippen LogP contribution < -0.4 is 10.9 Å². The maximum atomic E-state index is 14.0. The second-order valence-electron chi connectivity index (χ2n) is 8.57. The molecule has 0 unspecified atom stereocenters. The number of hydrogen-bond acceptors (Lipinski definition) is 5. The summed E-state index contributed by atoms with van der Waals surface area (Å²) < 4.78 is 15.3. The number of halogens is 2. The van der Waals surface area contributed by atoms with Crippen molar-refractivity contribution in [3.05, 3.63) is 99.1 Å². The Morgan fingerprint density at radius 2 is 1.83 bits per heavy atom. The Bertz CT molecular complexity index is 1520. The van der Waals surface area contributed by atoms with Crippen LogP contribution in [0.3, 0.4) is 0 Å². The lowest BCUT2D eigenvalue weighted by Gasteiger charge is -2.14. The number of hydrogen-bond donors (Lipinski definition) is 1. The van der Waals surface area contributed by atoms with E-state index in [1.54, 1.807) is 42.5 Å². The summed E-state index contributed by atoms with van der Waals surface area (Å²) in [5.74, 6) is -0.729. The van der Waals surface area contributed by atoms with Gasteiger partial charge in [-0.2, -0.15) is 0 Å². The molecule has 4 aromatic rings. The van der Waals surface area contributed by atoms with Gasteiger partial charge >= 0.3 is 0 Å². The molecule has 1 aromatic heterocycles. The van der Waals surface area contributed by atoms with Gasteiger partial charge in [-0.05, 0) is 54.4 Å². The molecule has 1 amide bonds. The first kappa shape index (κ1) is 25.6. The summed E-state index contributed by atoms with van der Waals surface area (Å²) in [7, 11) is 0. The number of carbonyl (C=O) groups excluding carboxylic acids is 2. The average molecular weight is 524 g/mol. The number of thioether (sulfide) groups is 1. The number of rotatable bonds is 8. The minimum atomic E-state index is -0.511. The third-order valence-corrected chi connectivity index (χ3v) is 6.49. The van der Waals surface area contributed by atoms with E-state index in [9.17, 15) is 18.8 Å². The molecule has 0 saturated carbocycles. The SMILES string of the molecule is CC(C)CNC(=O)c1ccc2c(=O)n(-c3cccc(F)c3)c(SCC(=O)c3cccc(Cl)c3)nc2c1. The molecule has 0 aliphatic carbocycles. The maximum absolute atomic E-state index is 14.0. The number of aromatic nitrogens is 2. The van der Waals surface area contributed by atoms with E-state index < -0.39 is 11.4 Å². The summed E-state index contributed by atoms with van der Waals surface area (Å²) in [5.41, 5.74) is 0.954. The van der Waals surface area contributed by atoms with Crippen LogP contribution in [0.4, 0.5) is 4.39 Å². The van der Waals surface area contributed by atoms with Gasteiger partial charge in [0.15, 0.2) is 10.9 Å². The fraction of sp³-hybridized carbons (Fsp3) is 0.185. The topological polar surface area (TPSA) is 81.1 Å². The number of fused-ring (bicyclic) bond motifs is 1. The summed E-state index contributed by atoms with van der Waals surface area (Å²) >= 11 is 7.06. The Balaban J connectivity index is 1.76. The second-order valence-corrected chi connectivity index (χ2v) is 9.95. The van der Waals surface area contributed by atoms with Crippen LogP contribution in [0.5, 0.6) is 0 Å². The third kappa shape index (κ3) is 5.83. The summed E-state index contributed by atoms with van der Waals surface area (Å²) in [5, 5.41) is 3.76. The van der Waals surface area contributed by atoms with Crippen LogP contribution in [0.2, 0.25) is 5.02 Å². The monoisotopic (exact) mass is 523 g/mol. The van der Waals surface area contributed by atoms with Crippen LogP contribution in [0.1, 0.15) is 34.6 Å². The number of ketones is 1. The number of benzene rings is 3. The van der Waals surface area contributed by atoms with Crippen LogP contribution in [-0.4, -0.2) is 33.5 Å². The number of nitrogens with one attached hydrogen (secondary N) is 1. The fourth-order valence-electron chi connectivity index (χ4n) is 3.52. The van der Waals surface area contributed by atoms with Crippen molar-refractivity contribution >= 4 is 46.0 Å². The summed E-state index contributed by atoms with van der Waals surface area (Å²) in [6.07, 6.45) is 0. The molecule has 4 rings (SSSR count). The van der Waals surface area contributed by atoms with Crippen LogP contribution >= 0.6 is 23.4 Å². The Kier molecular flexibility index (Phi) is 7.86. The van der Waals surface area contributed by atoms with E-state index in [0.717, 1.165) is 11.8 Å². The zero-order valence-electron chi connectivity index (χ0n) is 19.6. The van der Waals surface area contributed by atoms with Gasteiger partial charge in [0.2, 0.25) is 0 Å². The van der Waals surface area contributed by atoms with E-state index in [4.69, 9.17) is 11.6 Å². The van der Waals surface area contributed by atoms with Crippen LogP contribution in [0.15, 0.2) is 76.7 Å². The van der Waals surface area contributed by atoms with Gasteiger partial charge in [0.25, 0.3) is 11.5 Å². The normalized spacial score (nSPS) is 11.1. The molecule has 0 radical (unpaired) electrons. The number of amides is 1. The lowest BCUT2D eigenvalue weighted by Crippen LogP contribution is -2.27. The van der Waals surface area contributed by atoms with Gasteiger partial charge in [0.05, 0.1) is 22.3 Å². The molecule has 0 bridgehead atoms. The van der Waals surface area contributed by atoms with Gasteiger partial charge < -0.3 is 5.32 Å². The molecule has 3 aromatic carbocycles. The quantitative estimate of drug-likeness (QED) is 0.186. The predicted molar refractivity (Wildman–Crippen MR) is 141 cm³/mol. The fourth-order valence-corrected chi connectivity index (χ4v) is 4.62. The van der Waals surface area contributed by atoms with Crippen molar-refractivity contribution < 1.29 is 14.0 Å². The van der Waals surface area contributed by atoms with Crippen molar-refractivity contribution in [3.8, 4) is 5.69 Å². The Hall–Kier alpha value is -3.49. The average Bonchev–Trinajstić information content (AvgIpc) is 2.85. The molecule has 0 atom stereocenters. The number of Topliss-reactive ketones (excluding diaryl/α,β-unsaturated/α-hetero) is 1. The molecule has 0 fully saturated rings. The molecule has 0 saturated heterocycles. The largest absolute Gasteiger partial charge is 0.352 e. The molecule has 9 heteroatoms. The van der Waals surface area contributed by atoms with E-state index in [1.165, 1.54) is 28.8 Å². The lowest BCUT2D eigenvalue weighted by atomic mass is 10.1. The summed E-state index contributed by atoms with van der Waals surface area (Å²) in [6.45, 7) is 4.49. The minimum absolute atomic E-state index is 0.0256. The molecule has 1 heterocycles. The third-order valence-electron chi connectivity index (χ3n) is 5.32. The Morgan fingerprint density at radius 3 is 2.56 bits per heavy atom. The molecule has 0 aliphatic rings. The molecule has 0 spiro atoms. The standard InChI is InChI=1S/C27H23ClFN3O3S/c1-16(2)14-30-25(34)18-9-10-22-23(12-18)31-27(32(26(22)35)21-8-4-7-20(29)13-21)36-15-24(33)17-5-3-6-19(28)11-17/h3-13,16H,14-15H2,1-2H3,(H,30,34). The Labute approximate surface area is 216 Å². The molecular weight excluding hydrogens is 501 g/mol. The van der Waals surface area contributed by atoms with Gasteiger partial charge in [-0.3, -0.25) is 19.0 Å². The van der Waals surface area contributed by atoms with Gasteiger partial charge in [-0.25, -0.2) is 9.37 Å². The van der Waals surface area contributed by atoms with Crippen molar-refractivity contribution in [2.75, 3.05) is 12.3 Å². The molecule has 0 aliphatic heterocycles. The smallest absolute Gasteiger partial charge is 0.266 e. The molecular formula is C27H23ClFN3O3S. The van der Waals surface area contributed by atoms with E-state index >= 15 is 0 Å². The maximum Gasteiger partial charge on any atom is 0.266 e. The van der Waals surface area contributed by atoms with Crippen molar-refractivity contribution in [2.24, 2.45) is 5.92 Å². The van der Waals surface area contributed by atoms with Crippen molar-refractivity contribution in [2.45, 2.75) is 19.0 Å². The van der Waals surface area contributed by atoms with Gasteiger partial charge in [0.1, 0.15) is 5.82 Å². The van der Waals surface area contributed by atoms with E-state index in [1.807, 2.05) is 13.8 Å². The first-order chi connectivity index (χ1) is 17.2. The molecule has 36 heavy (non-hydrogen) atoms. The van der Waals surface area contributed by atoms with E-state index in [-0.39, 0.29) is 39.6 Å². The van der Waals surface area contributed by atoms with Gasteiger partial charge in [0, 0.05) is 22.7 Å². The highest BCUT2D eigenvalue weighted by atomic mass is 35.5. The van der Waals surface area contributed by atoms with Crippen LogP contribution in [0, 0.1) is 11.7 Å². The molecule has 184 valence electrons. The van der Waals surface area contributed by atoms with Crippen LogP contribution in [-0.2, 0) is 0 Å². The molecule has 6 nitrogen and oxygen atoms in total. The first-order valence-electron chi connectivity index (χ1n) is 11.3.